The molecule has 0 spiro atoms. The van der Waals surface area contributed by atoms with Gasteiger partial charge < -0.3 is 14.2 Å². The van der Waals surface area contributed by atoms with Gasteiger partial charge in [0.15, 0.2) is 6.10 Å². The Labute approximate surface area is 479 Å². The number of unbranched alkanes of at least 4 members (excludes halogenated alkanes) is 41. The topological polar surface area (TPSA) is 78.9 Å². The zero-order valence-corrected chi connectivity index (χ0v) is 51.5. The van der Waals surface area contributed by atoms with E-state index < -0.39 is 6.10 Å². The van der Waals surface area contributed by atoms with Crippen LogP contribution in [0.1, 0.15) is 355 Å². The normalized spacial score (nSPS) is 12.4. The van der Waals surface area contributed by atoms with Gasteiger partial charge in [-0.25, -0.2) is 0 Å². The van der Waals surface area contributed by atoms with E-state index in [9.17, 15) is 14.4 Å². The van der Waals surface area contributed by atoms with Crippen LogP contribution in [0.4, 0.5) is 0 Å². The molecule has 77 heavy (non-hydrogen) atoms. The molecule has 0 radical (unpaired) electrons. The second-order valence-electron chi connectivity index (χ2n) is 22.7. The van der Waals surface area contributed by atoms with Crippen molar-refractivity contribution in [3.63, 3.8) is 0 Å². The van der Waals surface area contributed by atoms with Gasteiger partial charge in [-0.15, -0.1) is 0 Å². The molecular weight excluding hydrogens is 949 g/mol. The average molecular weight is 1080 g/mol. The van der Waals surface area contributed by atoms with Crippen molar-refractivity contribution >= 4 is 17.9 Å². The van der Waals surface area contributed by atoms with Gasteiger partial charge in [0.05, 0.1) is 0 Å². The van der Waals surface area contributed by atoms with Crippen LogP contribution in [-0.4, -0.2) is 37.2 Å². The number of esters is 3. The largest absolute Gasteiger partial charge is 0.462 e. The minimum atomic E-state index is -0.802. The van der Waals surface area contributed by atoms with E-state index in [1.54, 1.807) is 0 Å². The fourth-order valence-electron chi connectivity index (χ4n) is 10.0. The summed E-state index contributed by atoms with van der Waals surface area (Å²) in [5, 5.41) is 0. The highest BCUT2D eigenvalue weighted by molar-refractivity contribution is 5.71. The van der Waals surface area contributed by atoms with Crippen molar-refractivity contribution in [3.05, 3.63) is 60.8 Å². The lowest BCUT2D eigenvalue weighted by molar-refractivity contribution is -0.167. The van der Waals surface area contributed by atoms with Gasteiger partial charge in [-0.3, -0.25) is 14.4 Å². The number of ether oxygens (including phenoxy) is 3. The maximum absolute atomic E-state index is 12.9. The number of hydrogen-bond acceptors (Lipinski definition) is 6. The van der Waals surface area contributed by atoms with Crippen molar-refractivity contribution < 1.29 is 28.6 Å². The van der Waals surface area contributed by atoms with Gasteiger partial charge in [0.2, 0.25) is 0 Å². The average Bonchev–Trinajstić information content (AvgIpc) is 3.43. The minimum Gasteiger partial charge on any atom is -0.462 e. The van der Waals surface area contributed by atoms with E-state index in [1.165, 1.54) is 231 Å². The van der Waals surface area contributed by atoms with Crippen molar-refractivity contribution in [2.75, 3.05) is 13.2 Å². The van der Waals surface area contributed by atoms with Gasteiger partial charge in [-0.1, -0.05) is 338 Å². The molecular formula is C71H128O6. The van der Waals surface area contributed by atoms with Crippen LogP contribution in [0.25, 0.3) is 0 Å². The Morgan fingerprint density at radius 2 is 0.506 bits per heavy atom. The highest BCUT2D eigenvalue weighted by Gasteiger charge is 2.19. The molecule has 0 rings (SSSR count). The maximum atomic E-state index is 12.9. The Morgan fingerprint density at radius 1 is 0.273 bits per heavy atom. The highest BCUT2D eigenvalue weighted by atomic mass is 16.6. The summed E-state index contributed by atoms with van der Waals surface area (Å²) in [7, 11) is 0. The zero-order chi connectivity index (χ0) is 55.7. The number of carbonyl (C=O) groups is 3. The molecule has 0 aliphatic carbocycles. The van der Waals surface area contributed by atoms with Gasteiger partial charge >= 0.3 is 17.9 Å². The van der Waals surface area contributed by atoms with Gasteiger partial charge in [0, 0.05) is 19.3 Å². The van der Waals surface area contributed by atoms with Gasteiger partial charge in [0.25, 0.3) is 0 Å². The van der Waals surface area contributed by atoms with E-state index in [0.717, 1.165) is 77.0 Å². The summed E-state index contributed by atoms with van der Waals surface area (Å²) >= 11 is 0. The molecule has 0 aromatic carbocycles. The molecule has 1 unspecified atom stereocenters. The zero-order valence-electron chi connectivity index (χ0n) is 51.5. The Kier molecular flexibility index (Phi) is 63.2. The second-order valence-corrected chi connectivity index (χ2v) is 22.7. The predicted octanol–water partition coefficient (Wildman–Crippen LogP) is 23.1. The molecule has 448 valence electrons. The first kappa shape index (κ1) is 74.1. The lowest BCUT2D eigenvalue weighted by Gasteiger charge is -2.18. The summed E-state index contributed by atoms with van der Waals surface area (Å²) in [5.41, 5.74) is 0. The lowest BCUT2D eigenvalue weighted by Crippen LogP contribution is -2.30. The Bertz CT molecular complexity index is 1380. The summed E-state index contributed by atoms with van der Waals surface area (Å²) in [6, 6.07) is 0. The van der Waals surface area contributed by atoms with Crippen molar-refractivity contribution in [2.45, 2.75) is 361 Å². The Hall–Kier alpha value is -2.89. The van der Waals surface area contributed by atoms with Gasteiger partial charge in [-0.05, 0) is 57.8 Å². The van der Waals surface area contributed by atoms with E-state index in [1.807, 2.05) is 0 Å². The van der Waals surface area contributed by atoms with Crippen LogP contribution in [0.5, 0.6) is 0 Å². The van der Waals surface area contributed by atoms with Crippen LogP contribution < -0.4 is 0 Å². The summed E-state index contributed by atoms with van der Waals surface area (Å²) < 4.78 is 16.9. The number of hydrogen-bond donors (Lipinski definition) is 0. The first-order valence-corrected chi connectivity index (χ1v) is 33.8. The fourth-order valence-corrected chi connectivity index (χ4v) is 10.0. The molecule has 0 aliphatic heterocycles. The second kappa shape index (κ2) is 65.6. The monoisotopic (exact) mass is 1080 g/mol. The molecule has 0 aliphatic rings. The molecule has 0 bridgehead atoms. The highest BCUT2D eigenvalue weighted by Crippen LogP contribution is 2.18. The van der Waals surface area contributed by atoms with Crippen LogP contribution in [-0.2, 0) is 28.6 Å². The maximum Gasteiger partial charge on any atom is 0.306 e. The van der Waals surface area contributed by atoms with Crippen molar-refractivity contribution in [1.29, 1.82) is 0 Å². The molecule has 0 aromatic heterocycles. The van der Waals surface area contributed by atoms with Crippen molar-refractivity contribution in [2.24, 2.45) is 0 Å². The number of carbonyl (C=O) groups excluding carboxylic acids is 3. The third-order valence-corrected chi connectivity index (χ3v) is 15.0. The van der Waals surface area contributed by atoms with E-state index in [0.29, 0.717) is 19.3 Å². The van der Waals surface area contributed by atoms with E-state index in [-0.39, 0.29) is 37.5 Å². The minimum absolute atomic E-state index is 0.0921. The lowest BCUT2D eigenvalue weighted by atomic mass is 10.0. The fraction of sp³-hybridized carbons (Fsp3) is 0.817. The Balaban J connectivity index is 4.32. The SMILES string of the molecule is CC/C=C\C/C=C\C/C=C\C/C=C\C/C=C\CCCC(=O)OC(COC(=O)CCCCCCCCCCCCCCCCCCC)COC(=O)CCCCCCCCCCCCCCCCCCCCCCCCCCC. The predicted molar refractivity (Wildman–Crippen MR) is 335 cm³/mol. The molecule has 0 N–H and O–H groups in total. The molecule has 6 heteroatoms. The third-order valence-electron chi connectivity index (χ3n) is 15.0. The molecule has 0 fully saturated rings. The van der Waals surface area contributed by atoms with Gasteiger partial charge in [0.1, 0.15) is 13.2 Å². The van der Waals surface area contributed by atoms with E-state index in [2.05, 4.69) is 81.5 Å². The molecule has 0 saturated carbocycles. The van der Waals surface area contributed by atoms with Crippen LogP contribution in [0.3, 0.4) is 0 Å². The number of rotatable bonds is 62. The molecule has 0 amide bonds. The standard InChI is InChI=1S/C71H128O6/c1-4-7-10-13-16-19-22-25-28-31-32-33-34-35-36-37-38-41-43-46-49-52-55-58-61-64-70(73)76-67-68(77-71(74)65-62-59-56-53-50-47-44-40-30-27-24-21-18-15-12-9-6-3)66-75-69(72)63-60-57-54-51-48-45-42-39-29-26-23-20-17-14-11-8-5-2/h9,12,18,21,27,30,44,47,53,56,68H,4-8,10-11,13-17,19-20,22-26,28-29,31-43,45-46,48-52,54-55,57-67H2,1-3H3/b12-9-,21-18-,30-27-,47-44-,56-53-. The molecule has 1 atom stereocenters. The van der Waals surface area contributed by atoms with E-state index >= 15 is 0 Å². The van der Waals surface area contributed by atoms with Crippen molar-refractivity contribution in [3.8, 4) is 0 Å². The third kappa shape index (κ3) is 63.8. The van der Waals surface area contributed by atoms with E-state index in [4.69, 9.17) is 14.2 Å². The van der Waals surface area contributed by atoms with Crippen LogP contribution in [0.15, 0.2) is 60.8 Å². The van der Waals surface area contributed by atoms with Crippen LogP contribution in [0, 0.1) is 0 Å². The Morgan fingerprint density at radius 3 is 0.779 bits per heavy atom. The number of allylic oxidation sites excluding steroid dienone is 10. The summed E-state index contributed by atoms with van der Waals surface area (Å²) in [5.74, 6) is -0.927. The first-order valence-electron chi connectivity index (χ1n) is 33.8. The summed E-state index contributed by atoms with van der Waals surface area (Å²) in [6.07, 6.45) is 84.0. The smallest absolute Gasteiger partial charge is 0.306 e. The molecule has 0 saturated heterocycles. The first-order chi connectivity index (χ1) is 38.0. The quantitative estimate of drug-likeness (QED) is 0.0261. The molecule has 0 heterocycles. The molecule has 0 aromatic rings. The summed E-state index contributed by atoms with van der Waals surface area (Å²) in [4.78, 5) is 38.3. The van der Waals surface area contributed by atoms with Crippen LogP contribution in [0.2, 0.25) is 0 Å². The van der Waals surface area contributed by atoms with Crippen molar-refractivity contribution in [1.82, 2.24) is 0 Å². The molecule has 6 nitrogen and oxygen atoms in total. The summed E-state index contributed by atoms with van der Waals surface area (Å²) in [6.45, 7) is 6.55. The van der Waals surface area contributed by atoms with Crippen LogP contribution >= 0.6 is 0 Å². The van der Waals surface area contributed by atoms with Gasteiger partial charge in [-0.2, -0.15) is 0 Å².